The maximum absolute atomic E-state index is 12.2. The number of hydrogen-bond donors (Lipinski definition) is 2. The second-order valence-corrected chi connectivity index (χ2v) is 6.67. The van der Waals surface area contributed by atoms with Gasteiger partial charge in [0.25, 0.3) is 10.0 Å². The number of nitrogens with zero attached hydrogens (tertiary/aromatic N) is 3. The number of anilines is 1. The highest BCUT2D eigenvalue weighted by Crippen LogP contribution is 2.21. The molecule has 0 aromatic carbocycles. The maximum Gasteiger partial charge on any atom is 0.263 e. The van der Waals surface area contributed by atoms with Gasteiger partial charge in [0, 0.05) is 18.6 Å². The molecular formula is C13H17N5O2S. The Morgan fingerprint density at radius 3 is 2.81 bits per heavy atom. The fourth-order valence-corrected chi connectivity index (χ4v) is 3.37. The molecule has 2 aromatic rings. The molecule has 3 rings (SSSR count). The first-order valence-electron chi connectivity index (χ1n) is 6.83. The lowest BCUT2D eigenvalue weighted by atomic mass is 10.1. The lowest BCUT2D eigenvalue weighted by Gasteiger charge is -2.22. The SMILES string of the molecule is O=S(=O)(Nc1cnn(C2CCNCC2)c1)c1cccnc1. The van der Waals surface area contributed by atoms with E-state index in [1.165, 1.54) is 24.7 Å². The molecule has 2 N–H and O–H groups in total. The predicted octanol–water partition coefficient (Wildman–Crippen LogP) is 1.00. The van der Waals surface area contributed by atoms with Crippen LogP contribution in [0.15, 0.2) is 41.8 Å². The van der Waals surface area contributed by atoms with Crippen molar-refractivity contribution in [1.29, 1.82) is 0 Å². The van der Waals surface area contributed by atoms with Gasteiger partial charge in [-0.1, -0.05) is 0 Å². The van der Waals surface area contributed by atoms with E-state index in [9.17, 15) is 8.42 Å². The van der Waals surface area contributed by atoms with E-state index in [1.807, 2.05) is 4.68 Å². The van der Waals surface area contributed by atoms with Crippen LogP contribution in [-0.4, -0.2) is 36.3 Å². The molecule has 21 heavy (non-hydrogen) atoms. The van der Waals surface area contributed by atoms with Crippen LogP contribution in [-0.2, 0) is 10.0 Å². The van der Waals surface area contributed by atoms with Crippen molar-refractivity contribution in [3.63, 3.8) is 0 Å². The van der Waals surface area contributed by atoms with E-state index in [0.717, 1.165) is 25.9 Å². The van der Waals surface area contributed by atoms with Crippen molar-refractivity contribution < 1.29 is 8.42 Å². The molecule has 0 atom stereocenters. The number of aromatic nitrogens is 3. The molecule has 1 aliphatic rings. The highest BCUT2D eigenvalue weighted by atomic mass is 32.2. The summed E-state index contributed by atoms with van der Waals surface area (Å²) in [5.41, 5.74) is 0.470. The zero-order chi connectivity index (χ0) is 14.7. The highest BCUT2D eigenvalue weighted by molar-refractivity contribution is 7.92. The van der Waals surface area contributed by atoms with Crippen LogP contribution in [0.25, 0.3) is 0 Å². The van der Waals surface area contributed by atoms with Gasteiger partial charge in [-0.05, 0) is 38.1 Å². The molecule has 1 saturated heterocycles. The topological polar surface area (TPSA) is 88.9 Å². The third-order valence-corrected chi connectivity index (χ3v) is 4.85. The van der Waals surface area contributed by atoms with Crippen molar-refractivity contribution in [1.82, 2.24) is 20.1 Å². The Morgan fingerprint density at radius 1 is 1.29 bits per heavy atom. The Balaban J connectivity index is 1.75. The standard InChI is InChI=1S/C13H17N5O2S/c19-21(20,13-2-1-5-15-9-13)17-11-8-16-18(10-11)12-3-6-14-7-4-12/h1-2,5,8-10,12,14,17H,3-4,6-7H2. The van der Waals surface area contributed by atoms with Crippen LogP contribution in [0.3, 0.4) is 0 Å². The minimum atomic E-state index is -3.61. The number of piperidine rings is 1. The quantitative estimate of drug-likeness (QED) is 0.880. The van der Waals surface area contributed by atoms with Crippen LogP contribution in [0.2, 0.25) is 0 Å². The molecule has 3 heterocycles. The summed E-state index contributed by atoms with van der Waals surface area (Å²) in [6.07, 6.45) is 8.13. The van der Waals surface area contributed by atoms with Gasteiger partial charge in [-0.25, -0.2) is 8.42 Å². The van der Waals surface area contributed by atoms with Gasteiger partial charge in [-0.3, -0.25) is 14.4 Å². The third kappa shape index (κ3) is 3.22. The first kappa shape index (κ1) is 14.0. The maximum atomic E-state index is 12.2. The molecule has 8 heteroatoms. The normalized spacial score (nSPS) is 16.8. The van der Waals surface area contributed by atoms with Crippen LogP contribution in [0.1, 0.15) is 18.9 Å². The summed E-state index contributed by atoms with van der Waals surface area (Å²) < 4.78 is 28.7. The van der Waals surface area contributed by atoms with Gasteiger partial charge in [0.15, 0.2) is 0 Å². The molecule has 0 saturated carbocycles. The summed E-state index contributed by atoms with van der Waals surface area (Å²) in [6.45, 7) is 1.92. The van der Waals surface area contributed by atoms with Gasteiger partial charge in [0.2, 0.25) is 0 Å². The number of pyridine rings is 1. The van der Waals surface area contributed by atoms with E-state index < -0.39 is 10.0 Å². The third-order valence-electron chi connectivity index (χ3n) is 3.48. The van der Waals surface area contributed by atoms with E-state index in [0.29, 0.717) is 11.7 Å². The fourth-order valence-electron chi connectivity index (χ4n) is 2.38. The lowest BCUT2D eigenvalue weighted by Crippen LogP contribution is -2.29. The molecule has 0 spiro atoms. The zero-order valence-corrected chi connectivity index (χ0v) is 12.3. The van der Waals surface area contributed by atoms with Gasteiger partial charge < -0.3 is 5.32 Å². The molecule has 7 nitrogen and oxygen atoms in total. The second-order valence-electron chi connectivity index (χ2n) is 4.98. The van der Waals surface area contributed by atoms with E-state index in [2.05, 4.69) is 20.1 Å². The minimum Gasteiger partial charge on any atom is -0.317 e. The largest absolute Gasteiger partial charge is 0.317 e. The molecule has 0 unspecified atom stereocenters. The highest BCUT2D eigenvalue weighted by Gasteiger charge is 2.18. The summed E-state index contributed by atoms with van der Waals surface area (Å²) in [5, 5.41) is 7.56. The van der Waals surface area contributed by atoms with Crippen molar-refractivity contribution in [2.45, 2.75) is 23.8 Å². The fraction of sp³-hybridized carbons (Fsp3) is 0.385. The van der Waals surface area contributed by atoms with E-state index in [4.69, 9.17) is 0 Å². The number of rotatable bonds is 4. The van der Waals surface area contributed by atoms with E-state index in [1.54, 1.807) is 12.3 Å². The minimum absolute atomic E-state index is 0.139. The summed E-state index contributed by atoms with van der Waals surface area (Å²) in [4.78, 5) is 3.96. The lowest BCUT2D eigenvalue weighted by molar-refractivity contribution is 0.343. The summed E-state index contributed by atoms with van der Waals surface area (Å²) >= 11 is 0. The average molecular weight is 307 g/mol. The first-order valence-corrected chi connectivity index (χ1v) is 8.31. The molecule has 0 aliphatic carbocycles. The molecule has 0 radical (unpaired) electrons. The second kappa shape index (κ2) is 5.82. The molecule has 1 aliphatic heterocycles. The number of nitrogens with one attached hydrogen (secondary N) is 2. The van der Waals surface area contributed by atoms with Gasteiger partial charge in [0.05, 0.1) is 17.9 Å². The van der Waals surface area contributed by atoms with Gasteiger partial charge in [-0.2, -0.15) is 5.10 Å². The monoisotopic (exact) mass is 307 g/mol. The zero-order valence-electron chi connectivity index (χ0n) is 11.4. The van der Waals surface area contributed by atoms with E-state index in [-0.39, 0.29) is 4.90 Å². The Labute approximate surface area is 123 Å². The van der Waals surface area contributed by atoms with Crippen LogP contribution in [0.4, 0.5) is 5.69 Å². The smallest absolute Gasteiger partial charge is 0.263 e. The molecule has 112 valence electrons. The molecule has 1 fully saturated rings. The first-order chi connectivity index (χ1) is 10.1. The molecule has 2 aromatic heterocycles. The molecular weight excluding hydrogens is 290 g/mol. The Kier molecular flexibility index (Phi) is 3.89. The van der Waals surface area contributed by atoms with Crippen LogP contribution < -0.4 is 10.0 Å². The summed E-state index contributed by atoms with van der Waals surface area (Å²) in [7, 11) is -3.61. The Bertz CT molecular complexity index is 692. The van der Waals surface area contributed by atoms with Crippen molar-refractivity contribution in [3.8, 4) is 0 Å². The van der Waals surface area contributed by atoms with Crippen LogP contribution in [0, 0.1) is 0 Å². The van der Waals surface area contributed by atoms with Crippen LogP contribution in [0.5, 0.6) is 0 Å². The van der Waals surface area contributed by atoms with E-state index >= 15 is 0 Å². The average Bonchev–Trinajstić information content (AvgIpc) is 2.97. The van der Waals surface area contributed by atoms with Gasteiger partial charge >= 0.3 is 0 Å². The van der Waals surface area contributed by atoms with Crippen molar-refractivity contribution >= 4 is 15.7 Å². The van der Waals surface area contributed by atoms with Crippen molar-refractivity contribution in [3.05, 3.63) is 36.9 Å². The number of hydrogen-bond acceptors (Lipinski definition) is 5. The van der Waals surface area contributed by atoms with Crippen LogP contribution >= 0.6 is 0 Å². The Hall–Kier alpha value is -1.93. The molecule has 0 bridgehead atoms. The van der Waals surface area contributed by atoms with Gasteiger partial charge in [0.1, 0.15) is 4.90 Å². The van der Waals surface area contributed by atoms with Gasteiger partial charge in [-0.15, -0.1) is 0 Å². The summed E-state index contributed by atoms with van der Waals surface area (Å²) in [6, 6.07) is 3.42. The Morgan fingerprint density at radius 2 is 2.10 bits per heavy atom. The van der Waals surface area contributed by atoms with Crippen molar-refractivity contribution in [2.24, 2.45) is 0 Å². The number of sulfonamides is 1. The summed E-state index contributed by atoms with van der Waals surface area (Å²) in [5.74, 6) is 0. The predicted molar refractivity (Wildman–Crippen MR) is 78.4 cm³/mol. The molecule has 0 amide bonds. The van der Waals surface area contributed by atoms with Crippen molar-refractivity contribution in [2.75, 3.05) is 17.8 Å².